The molecule has 27 heavy (non-hydrogen) atoms. The largest absolute Gasteiger partial charge is 0.378 e. The van der Waals surface area contributed by atoms with Gasteiger partial charge in [-0.2, -0.15) is 0 Å². The maximum atomic E-state index is 14.6. The van der Waals surface area contributed by atoms with Crippen molar-refractivity contribution in [1.82, 2.24) is 9.88 Å². The Kier molecular flexibility index (Phi) is 6.41. The van der Waals surface area contributed by atoms with Gasteiger partial charge in [0.05, 0.1) is 12.3 Å². The molecule has 0 radical (unpaired) electrons. The number of carbonyl (C=O) groups is 1. The molecule has 146 valence electrons. The summed E-state index contributed by atoms with van der Waals surface area (Å²) < 4.78 is 19.6. The molecular weight excluding hydrogens is 367 g/mol. The summed E-state index contributed by atoms with van der Waals surface area (Å²) in [6, 6.07) is 5.38. The molecule has 0 atom stereocenters. The second-order valence-electron chi connectivity index (χ2n) is 6.86. The number of thiazole rings is 1. The predicted octanol–water partition coefficient (Wildman–Crippen LogP) is 3.21. The molecule has 3 rings (SSSR count). The minimum Gasteiger partial charge on any atom is -0.378 e. The number of piperidine rings is 1. The number of amides is 1. The molecule has 1 aliphatic rings. The van der Waals surface area contributed by atoms with Crippen molar-refractivity contribution in [2.45, 2.75) is 25.5 Å². The highest BCUT2D eigenvalue weighted by Crippen LogP contribution is 2.27. The quantitative estimate of drug-likeness (QED) is 0.818. The van der Waals surface area contributed by atoms with Gasteiger partial charge in [0.25, 0.3) is 5.91 Å². The fourth-order valence-corrected chi connectivity index (χ4v) is 4.01. The second-order valence-corrected chi connectivity index (χ2v) is 7.80. The van der Waals surface area contributed by atoms with Crippen LogP contribution < -0.4 is 10.2 Å². The maximum absolute atomic E-state index is 14.6. The lowest BCUT2D eigenvalue weighted by Gasteiger charge is -2.36. The average molecular weight is 393 g/mol. The first kappa shape index (κ1) is 19.7. The van der Waals surface area contributed by atoms with E-state index >= 15 is 0 Å². The van der Waals surface area contributed by atoms with Gasteiger partial charge in [0.2, 0.25) is 0 Å². The van der Waals surface area contributed by atoms with E-state index in [1.807, 2.05) is 0 Å². The molecule has 1 saturated heterocycles. The minimum atomic E-state index is -0.354. The molecule has 1 aromatic heterocycles. The number of nitrogens with one attached hydrogen (secondary N) is 1. The van der Waals surface area contributed by atoms with E-state index in [0.717, 1.165) is 30.9 Å². The summed E-state index contributed by atoms with van der Waals surface area (Å²) in [6.45, 7) is 2.02. The number of halogens is 1. The average Bonchev–Trinajstić information content (AvgIpc) is 3.11. The van der Waals surface area contributed by atoms with Gasteiger partial charge in [-0.15, -0.1) is 11.3 Å². The fraction of sp³-hybridized carbons (Fsp3) is 0.474. The third-order valence-electron chi connectivity index (χ3n) is 4.79. The van der Waals surface area contributed by atoms with E-state index in [1.165, 1.54) is 17.4 Å². The second kappa shape index (κ2) is 8.77. The minimum absolute atomic E-state index is 0.308. The molecule has 0 bridgehead atoms. The van der Waals surface area contributed by atoms with Gasteiger partial charge in [-0.25, -0.2) is 9.37 Å². The molecular formula is C19H25FN4O2S. The standard InChI is InChI=1S/C19H25FN4O2S/c1-23(2)14-6-8-24(9-7-14)17-5-4-13(10-15(17)20)21-19(25)16-12-27-18(22-16)11-26-3/h4-5,10,12,14H,6-9,11H2,1-3H3,(H,21,25). The van der Waals surface area contributed by atoms with Crippen LogP contribution in [0.2, 0.25) is 0 Å². The summed E-state index contributed by atoms with van der Waals surface area (Å²) in [7, 11) is 5.74. The van der Waals surface area contributed by atoms with E-state index in [-0.39, 0.29) is 11.7 Å². The van der Waals surface area contributed by atoms with Crippen molar-refractivity contribution in [2.75, 3.05) is 44.5 Å². The van der Waals surface area contributed by atoms with Gasteiger partial charge in [0.15, 0.2) is 0 Å². The molecule has 2 heterocycles. The number of benzene rings is 1. The van der Waals surface area contributed by atoms with Gasteiger partial charge < -0.3 is 19.9 Å². The van der Waals surface area contributed by atoms with E-state index < -0.39 is 0 Å². The lowest BCUT2D eigenvalue weighted by Crippen LogP contribution is -2.42. The topological polar surface area (TPSA) is 57.7 Å². The van der Waals surface area contributed by atoms with Crippen molar-refractivity contribution in [3.8, 4) is 0 Å². The number of hydrogen-bond acceptors (Lipinski definition) is 6. The lowest BCUT2D eigenvalue weighted by atomic mass is 10.0. The number of rotatable bonds is 6. The van der Waals surface area contributed by atoms with E-state index in [4.69, 9.17) is 4.74 Å². The zero-order valence-electron chi connectivity index (χ0n) is 15.9. The third-order valence-corrected chi connectivity index (χ3v) is 5.62. The van der Waals surface area contributed by atoms with E-state index in [9.17, 15) is 9.18 Å². The Hall–Kier alpha value is -2.03. The Bertz CT molecular complexity index is 788. The van der Waals surface area contributed by atoms with Gasteiger partial charge >= 0.3 is 0 Å². The molecule has 0 unspecified atom stereocenters. The van der Waals surface area contributed by atoms with Crippen molar-refractivity contribution in [2.24, 2.45) is 0 Å². The zero-order valence-corrected chi connectivity index (χ0v) is 16.7. The Labute approximate surface area is 163 Å². The molecule has 8 heteroatoms. The van der Waals surface area contributed by atoms with Crippen LogP contribution in [0.4, 0.5) is 15.8 Å². The number of hydrogen-bond donors (Lipinski definition) is 1. The first-order chi connectivity index (χ1) is 13.0. The van der Waals surface area contributed by atoms with Crippen molar-refractivity contribution in [3.05, 3.63) is 40.1 Å². The Morgan fingerprint density at radius 3 is 2.78 bits per heavy atom. The Morgan fingerprint density at radius 1 is 1.41 bits per heavy atom. The van der Waals surface area contributed by atoms with Crippen molar-refractivity contribution >= 4 is 28.6 Å². The molecule has 1 fully saturated rings. The van der Waals surface area contributed by atoms with Crippen LogP contribution in [-0.2, 0) is 11.3 Å². The highest BCUT2D eigenvalue weighted by Gasteiger charge is 2.22. The first-order valence-electron chi connectivity index (χ1n) is 8.93. The van der Waals surface area contributed by atoms with Crippen LogP contribution in [0.25, 0.3) is 0 Å². The fourth-order valence-electron chi connectivity index (χ4n) is 3.26. The van der Waals surface area contributed by atoms with Crippen LogP contribution in [0, 0.1) is 5.82 Å². The monoisotopic (exact) mass is 392 g/mol. The number of methoxy groups -OCH3 is 1. The van der Waals surface area contributed by atoms with Crippen LogP contribution in [0.15, 0.2) is 23.6 Å². The SMILES string of the molecule is COCc1nc(C(=O)Nc2ccc(N3CCC(N(C)C)CC3)c(F)c2)cs1. The maximum Gasteiger partial charge on any atom is 0.275 e. The van der Waals surface area contributed by atoms with Crippen molar-refractivity contribution < 1.29 is 13.9 Å². The molecule has 1 aromatic carbocycles. The van der Waals surface area contributed by atoms with E-state index in [0.29, 0.717) is 29.7 Å². The van der Waals surface area contributed by atoms with Crippen LogP contribution in [0.5, 0.6) is 0 Å². The van der Waals surface area contributed by atoms with Crippen LogP contribution in [0.1, 0.15) is 28.3 Å². The normalized spacial score (nSPS) is 15.4. The third kappa shape index (κ3) is 4.82. The summed E-state index contributed by atoms with van der Waals surface area (Å²) in [5, 5.41) is 5.10. The van der Waals surface area contributed by atoms with Crippen molar-refractivity contribution in [3.63, 3.8) is 0 Å². The van der Waals surface area contributed by atoms with Gasteiger partial charge in [0, 0.05) is 37.3 Å². The summed E-state index contributed by atoms with van der Waals surface area (Å²) in [6.07, 6.45) is 2.02. The number of nitrogens with zero attached hydrogens (tertiary/aromatic N) is 3. The summed E-state index contributed by atoms with van der Waals surface area (Å²) in [4.78, 5) is 20.8. The molecule has 1 amide bonds. The van der Waals surface area contributed by atoms with Gasteiger partial charge in [0.1, 0.15) is 16.5 Å². The molecule has 0 aliphatic carbocycles. The zero-order chi connectivity index (χ0) is 19.4. The summed E-state index contributed by atoms with van der Waals surface area (Å²) in [5.74, 6) is -0.679. The van der Waals surface area contributed by atoms with Crippen LogP contribution in [-0.4, -0.2) is 56.1 Å². The van der Waals surface area contributed by atoms with Gasteiger partial charge in [-0.1, -0.05) is 0 Å². The smallest absolute Gasteiger partial charge is 0.275 e. The number of carbonyl (C=O) groups excluding carboxylic acids is 1. The molecule has 1 N–H and O–H groups in total. The van der Waals surface area contributed by atoms with Gasteiger partial charge in [-0.3, -0.25) is 4.79 Å². The number of ether oxygens (including phenoxy) is 1. The van der Waals surface area contributed by atoms with Crippen LogP contribution in [0.3, 0.4) is 0 Å². The first-order valence-corrected chi connectivity index (χ1v) is 9.81. The highest BCUT2D eigenvalue weighted by molar-refractivity contribution is 7.09. The molecule has 1 aliphatic heterocycles. The van der Waals surface area contributed by atoms with Gasteiger partial charge in [-0.05, 0) is 45.1 Å². The molecule has 0 saturated carbocycles. The number of aromatic nitrogens is 1. The van der Waals surface area contributed by atoms with Crippen molar-refractivity contribution in [1.29, 1.82) is 0 Å². The molecule has 6 nitrogen and oxygen atoms in total. The van der Waals surface area contributed by atoms with Crippen LogP contribution >= 0.6 is 11.3 Å². The highest BCUT2D eigenvalue weighted by atomic mass is 32.1. The Morgan fingerprint density at radius 2 is 2.15 bits per heavy atom. The molecule has 2 aromatic rings. The Balaban J connectivity index is 1.63. The molecule has 0 spiro atoms. The number of anilines is 2. The summed E-state index contributed by atoms with van der Waals surface area (Å²) >= 11 is 1.36. The lowest BCUT2D eigenvalue weighted by molar-refractivity contribution is 0.102. The predicted molar refractivity (Wildman–Crippen MR) is 106 cm³/mol. The van der Waals surface area contributed by atoms with E-state index in [1.54, 1.807) is 24.6 Å². The van der Waals surface area contributed by atoms with E-state index in [2.05, 4.69) is 34.2 Å². The summed E-state index contributed by atoms with van der Waals surface area (Å²) in [5.41, 5.74) is 1.31.